The van der Waals surface area contributed by atoms with Crippen molar-refractivity contribution in [2.24, 2.45) is 0 Å². The van der Waals surface area contributed by atoms with E-state index in [4.69, 9.17) is 14.0 Å². The van der Waals surface area contributed by atoms with Crippen LogP contribution in [0.5, 0.6) is 0 Å². The van der Waals surface area contributed by atoms with E-state index in [1.54, 1.807) is 18.1 Å². The summed E-state index contributed by atoms with van der Waals surface area (Å²) in [4.78, 5) is 13.9. The molecule has 140 valence electrons. The molecule has 0 saturated heterocycles. The number of nitrogens with zero attached hydrogens (tertiary/aromatic N) is 2. The summed E-state index contributed by atoms with van der Waals surface area (Å²) in [6, 6.07) is 7.96. The molecule has 2 aromatic rings. The number of rotatable bonds is 3. The van der Waals surface area contributed by atoms with Crippen molar-refractivity contribution in [3.05, 3.63) is 41.6 Å². The summed E-state index contributed by atoms with van der Waals surface area (Å²) in [6.45, 7) is 6.67. The molecule has 1 aromatic carbocycles. The van der Waals surface area contributed by atoms with Gasteiger partial charge >= 0.3 is 6.09 Å². The van der Waals surface area contributed by atoms with Gasteiger partial charge in [0.15, 0.2) is 5.76 Å². The SMILES string of the molecule is CN(C[C@H]1OCCCc2c(-c3ccno3)cccc21)C(=O)OC(C)(C)C. The monoisotopic (exact) mass is 358 g/mol. The molecule has 0 radical (unpaired) electrons. The molecule has 3 rings (SSSR count). The predicted octanol–water partition coefficient (Wildman–Crippen LogP) is 4.21. The third-order valence-corrected chi connectivity index (χ3v) is 4.30. The highest BCUT2D eigenvalue weighted by atomic mass is 16.6. The van der Waals surface area contributed by atoms with E-state index in [9.17, 15) is 4.79 Å². The number of benzene rings is 1. The molecule has 1 amide bonds. The normalized spacial score (nSPS) is 17.3. The van der Waals surface area contributed by atoms with Crippen molar-refractivity contribution in [3.8, 4) is 11.3 Å². The molecule has 0 N–H and O–H groups in total. The molecule has 6 nitrogen and oxygen atoms in total. The van der Waals surface area contributed by atoms with Crippen LogP contribution < -0.4 is 0 Å². The van der Waals surface area contributed by atoms with Crippen LogP contribution in [0.2, 0.25) is 0 Å². The topological polar surface area (TPSA) is 64.8 Å². The Morgan fingerprint density at radius 2 is 2.15 bits per heavy atom. The first-order valence-electron chi connectivity index (χ1n) is 8.94. The van der Waals surface area contributed by atoms with Gasteiger partial charge in [-0.05, 0) is 44.7 Å². The molecule has 0 saturated carbocycles. The standard InChI is InChI=1S/C20H26N2O4/c1-20(2,3)25-19(23)22(4)13-18-16-8-5-7-15(17-10-11-21-26-17)14(16)9-6-12-24-18/h5,7-8,10-11,18H,6,9,12-13H2,1-4H3/t18-/m1/s1. The summed E-state index contributed by atoms with van der Waals surface area (Å²) in [5, 5.41) is 3.82. The molecule has 0 bridgehead atoms. The van der Waals surface area contributed by atoms with Crippen LogP contribution in [0.25, 0.3) is 11.3 Å². The van der Waals surface area contributed by atoms with Gasteiger partial charge in [-0.1, -0.05) is 23.4 Å². The van der Waals surface area contributed by atoms with Crippen LogP contribution in [0.4, 0.5) is 4.79 Å². The van der Waals surface area contributed by atoms with Crippen LogP contribution in [0.15, 0.2) is 35.0 Å². The van der Waals surface area contributed by atoms with E-state index in [-0.39, 0.29) is 12.2 Å². The van der Waals surface area contributed by atoms with E-state index < -0.39 is 5.60 Å². The van der Waals surface area contributed by atoms with E-state index in [1.807, 2.05) is 39.0 Å². The van der Waals surface area contributed by atoms with Crippen LogP contribution in [0.1, 0.15) is 44.4 Å². The fourth-order valence-electron chi connectivity index (χ4n) is 3.15. The van der Waals surface area contributed by atoms with Gasteiger partial charge in [-0.3, -0.25) is 0 Å². The summed E-state index contributed by atoms with van der Waals surface area (Å²) in [5.41, 5.74) is 2.80. The zero-order chi connectivity index (χ0) is 18.7. The number of carbonyl (C=O) groups is 1. The highest BCUT2D eigenvalue weighted by molar-refractivity contribution is 5.68. The van der Waals surface area contributed by atoms with Crippen molar-refractivity contribution in [1.82, 2.24) is 10.1 Å². The van der Waals surface area contributed by atoms with Crippen LogP contribution in [-0.2, 0) is 15.9 Å². The van der Waals surface area contributed by atoms with E-state index in [0.717, 1.165) is 29.7 Å². The quantitative estimate of drug-likeness (QED) is 0.822. The number of likely N-dealkylation sites (N-methyl/N-ethyl adjacent to an activating group) is 1. The summed E-state index contributed by atoms with van der Waals surface area (Å²) >= 11 is 0. The number of fused-ring (bicyclic) bond motifs is 1. The molecule has 26 heavy (non-hydrogen) atoms. The van der Waals surface area contributed by atoms with Gasteiger partial charge in [0, 0.05) is 25.3 Å². The summed E-state index contributed by atoms with van der Waals surface area (Å²) in [5.74, 6) is 0.753. The van der Waals surface area contributed by atoms with E-state index in [2.05, 4.69) is 11.2 Å². The second-order valence-corrected chi connectivity index (χ2v) is 7.57. The number of hydrogen-bond acceptors (Lipinski definition) is 5. The second kappa shape index (κ2) is 7.50. The molecule has 1 aromatic heterocycles. The van der Waals surface area contributed by atoms with E-state index >= 15 is 0 Å². The average Bonchev–Trinajstić information content (AvgIpc) is 3.02. The van der Waals surface area contributed by atoms with E-state index in [0.29, 0.717) is 13.2 Å². The molecule has 0 aliphatic carbocycles. The Kier molecular flexibility index (Phi) is 5.32. The van der Waals surface area contributed by atoms with Crippen LogP contribution in [0.3, 0.4) is 0 Å². The van der Waals surface area contributed by atoms with Gasteiger partial charge in [0.2, 0.25) is 0 Å². The van der Waals surface area contributed by atoms with E-state index in [1.165, 1.54) is 5.56 Å². The van der Waals surface area contributed by atoms with Gasteiger partial charge in [0.1, 0.15) is 11.7 Å². The molecular weight excluding hydrogens is 332 g/mol. The molecule has 1 atom stereocenters. The van der Waals surface area contributed by atoms with Crippen LogP contribution >= 0.6 is 0 Å². The van der Waals surface area contributed by atoms with Crippen LogP contribution in [0, 0.1) is 0 Å². The Labute approximate surface area is 154 Å². The first kappa shape index (κ1) is 18.5. The molecule has 6 heteroatoms. The van der Waals surface area contributed by atoms with Gasteiger partial charge in [-0.15, -0.1) is 0 Å². The first-order chi connectivity index (χ1) is 12.3. The maximum atomic E-state index is 12.3. The Hall–Kier alpha value is -2.34. The maximum Gasteiger partial charge on any atom is 0.410 e. The molecular formula is C20H26N2O4. The molecule has 0 unspecified atom stereocenters. The number of ether oxygens (including phenoxy) is 2. The fourth-order valence-corrected chi connectivity index (χ4v) is 3.15. The van der Waals surface area contributed by atoms with Gasteiger partial charge in [-0.25, -0.2) is 4.79 Å². The third-order valence-electron chi connectivity index (χ3n) is 4.30. The molecule has 1 aliphatic rings. The Morgan fingerprint density at radius 1 is 1.35 bits per heavy atom. The summed E-state index contributed by atoms with van der Waals surface area (Å²) < 4.78 is 16.9. The minimum Gasteiger partial charge on any atom is -0.444 e. The Balaban J connectivity index is 1.85. The van der Waals surface area contributed by atoms with Gasteiger partial charge in [0.05, 0.1) is 12.7 Å². The predicted molar refractivity (Wildman–Crippen MR) is 97.8 cm³/mol. The highest BCUT2D eigenvalue weighted by Gasteiger charge is 2.27. The smallest absolute Gasteiger partial charge is 0.410 e. The second-order valence-electron chi connectivity index (χ2n) is 7.57. The van der Waals surface area contributed by atoms with Gasteiger partial charge < -0.3 is 18.9 Å². The zero-order valence-electron chi connectivity index (χ0n) is 15.8. The number of hydrogen-bond donors (Lipinski definition) is 0. The van der Waals surface area contributed by atoms with Crippen molar-refractivity contribution < 1.29 is 18.8 Å². The molecule has 0 fully saturated rings. The molecule has 2 heterocycles. The zero-order valence-corrected chi connectivity index (χ0v) is 15.8. The van der Waals surface area contributed by atoms with Crippen molar-refractivity contribution in [1.29, 1.82) is 0 Å². The Morgan fingerprint density at radius 3 is 2.85 bits per heavy atom. The minimum absolute atomic E-state index is 0.201. The molecule has 1 aliphatic heterocycles. The first-order valence-corrected chi connectivity index (χ1v) is 8.94. The average molecular weight is 358 g/mol. The lowest BCUT2D eigenvalue weighted by molar-refractivity contribution is 0.00410. The lowest BCUT2D eigenvalue weighted by atomic mass is 9.93. The fraction of sp³-hybridized carbons (Fsp3) is 0.500. The Bertz CT molecular complexity index is 750. The van der Waals surface area contributed by atoms with Gasteiger partial charge in [-0.2, -0.15) is 0 Å². The van der Waals surface area contributed by atoms with Crippen molar-refractivity contribution in [2.45, 2.75) is 45.3 Å². The lowest BCUT2D eigenvalue weighted by Gasteiger charge is -2.28. The minimum atomic E-state index is -0.521. The van der Waals surface area contributed by atoms with Crippen molar-refractivity contribution in [3.63, 3.8) is 0 Å². The number of carbonyl (C=O) groups excluding carboxylic acids is 1. The largest absolute Gasteiger partial charge is 0.444 e. The lowest BCUT2D eigenvalue weighted by Crippen LogP contribution is -2.37. The summed E-state index contributed by atoms with van der Waals surface area (Å²) in [6.07, 6.45) is 2.92. The highest BCUT2D eigenvalue weighted by Crippen LogP contribution is 2.34. The number of aromatic nitrogens is 1. The molecule has 0 spiro atoms. The van der Waals surface area contributed by atoms with Crippen LogP contribution in [-0.4, -0.2) is 42.0 Å². The summed E-state index contributed by atoms with van der Waals surface area (Å²) in [7, 11) is 1.74. The van der Waals surface area contributed by atoms with Gasteiger partial charge in [0.25, 0.3) is 0 Å². The van der Waals surface area contributed by atoms with Crippen molar-refractivity contribution >= 4 is 6.09 Å². The number of amides is 1. The maximum absolute atomic E-state index is 12.3. The third kappa shape index (κ3) is 4.25. The van der Waals surface area contributed by atoms with Crippen molar-refractivity contribution in [2.75, 3.05) is 20.2 Å².